The molecule has 0 unspecified atom stereocenters. The third-order valence-corrected chi connectivity index (χ3v) is 4.08. The van der Waals surface area contributed by atoms with Crippen LogP contribution in [0.5, 0.6) is 0 Å². The molecule has 1 saturated carbocycles. The van der Waals surface area contributed by atoms with Crippen LogP contribution in [0.1, 0.15) is 24.2 Å². The van der Waals surface area contributed by atoms with Crippen LogP contribution in [-0.2, 0) is 4.79 Å². The highest BCUT2D eigenvalue weighted by Crippen LogP contribution is 2.31. The van der Waals surface area contributed by atoms with E-state index < -0.39 is 0 Å². The summed E-state index contributed by atoms with van der Waals surface area (Å²) in [4.78, 5) is 28.9. The molecule has 0 spiro atoms. The van der Waals surface area contributed by atoms with Gasteiger partial charge in [0, 0.05) is 48.5 Å². The van der Waals surface area contributed by atoms with E-state index in [1.54, 1.807) is 37.9 Å². The van der Waals surface area contributed by atoms with Crippen molar-refractivity contribution >= 4 is 28.3 Å². The normalized spacial score (nSPS) is 13.0. The molecular weight excluding hydrogens is 328 g/mol. The summed E-state index contributed by atoms with van der Waals surface area (Å²) in [5, 5.41) is 7.61. The fourth-order valence-electron chi connectivity index (χ4n) is 2.56. The fraction of sp³-hybridized carbons (Fsp3) is 0.211. The molecular formula is C19H16N6O. The van der Waals surface area contributed by atoms with E-state index in [2.05, 4.69) is 42.4 Å². The van der Waals surface area contributed by atoms with Crippen LogP contribution in [0, 0.1) is 17.8 Å². The Hall–Kier alpha value is -3.53. The summed E-state index contributed by atoms with van der Waals surface area (Å²) >= 11 is 0. The summed E-state index contributed by atoms with van der Waals surface area (Å²) in [5.41, 5.74) is 0.718. The lowest BCUT2D eigenvalue weighted by Gasteiger charge is -2.09. The van der Waals surface area contributed by atoms with E-state index in [0.29, 0.717) is 17.5 Å². The summed E-state index contributed by atoms with van der Waals surface area (Å²) in [7, 11) is 1.80. The molecule has 3 aromatic heterocycles. The van der Waals surface area contributed by atoms with Crippen molar-refractivity contribution in [3.8, 4) is 11.8 Å². The molecule has 4 rings (SSSR count). The van der Waals surface area contributed by atoms with Gasteiger partial charge in [-0.15, -0.1) is 0 Å². The van der Waals surface area contributed by atoms with Gasteiger partial charge in [-0.2, -0.15) is 0 Å². The highest BCUT2D eigenvalue weighted by Gasteiger charge is 2.29. The molecule has 3 heterocycles. The second-order valence-corrected chi connectivity index (χ2v) is 5.97. The van der Waals surface area contributed by atoms with Crippen molar-refractivity contribution in [2.24, 2.45) is 5.92 Å². The van der Waals surface area contributed by atoms with Crippen molar-refractivity contribution in [3.63, 3.8) is 0 Å². The maximum Gasteiger partial charge on any atom is 0.228 e. The molecule has 0 aliphatic heterocycles. The quantitative estimate of drug-likeness (QED) is 0.708. The van der Waals surface area contributed by atoms with Gasteiger partial charge in [-0.05, 0) is 30.9 Å². The number of hydrogen-bond acceptors (Lipinski definition) is 6. The number of rotatable bonds is 3. The molecule has 0 bridgehead atoms. The van der Waals surface area contributed by atoms with Crippen LogP contribution in [0.15, 0.2) is 36.9 Å². The second kappa shape index (κ2) is 6.76. The predicted octanol–water partition coefficient (Wildman–Crippen LogP) is 2.21. The van der Waals surface area contributed by atoms with Crippen molar-refractivity contribution in [2.45, 2.75) is 12.8 Å². The lowest BCUT2D eigenvalue weighted by molar-refractivity contribution is -0.117. The van der Waals surface area contributed by atoms with E-state index in [4.69, 9.17) is 0 Å². The van der Waals surface area contributed by atoms with E-state index in [-0.39, 0.29) is 11.8 Å². The van der Waals surface area contributed by atoms with Crippen LogP contribution >= 0.6 is 0 Å². The van der Waals surface area contributed by atoms with Gasteiger partial charge in [0.2, 0.25) is 11.7 Å². The number of carbonyl (C=O) groups excluding carboxylic acids is 1. The topological polar surface area (TPSA) is 92.7 Å². The van der Waals surface area contributed by atoms with Gasteiger partial charge in [-0.25, -0.2) is 19.9 Å². The van der Waals surface area contributed by atoms with Crippen LogP contribution < -0.4 is 10.6 Å². The monoisotopic (exact) mass is 344 g/mol. The molecule has 2 N–H and O–H groups in total. The average molecular weight is 344 g/mol. The number of fused-ring (bicyclic) bond motifs is 1. The molecule has 7 heteroatoms. The molecule has 128 valence electrons. The molecule has 1 aliphatic carbocycles. The van der Waals surface area contributed by atoms with Crippen LogP contribution in [-0.4, -0.2) is 32.9 Å². The molecule has 1 amide bonds. The van der Waals surface area contributed by atoms with E-state index in [9.17, 15) is 4.79 Å². The van der Waals surface area contributed by atoms with Crippen LogP contribution in [0.3, 0.4) is 0 Å². The van der Waals surface area contributed by atoms with Crippen molar-refractivity contribution in [1.82, 2.24) is 19.9 Å². The molecule has 0 aromatic carbocycles. The molecule has 1 fully saturated rings. The van der Waals surface area contributed by atoms with Crippen molar-refractivity contribution < 1.29 is 4.79 Å². The minimum Gasteiger partial charge on any atom is -0.373 e. The Labute approximate surface area is 150 Å². The molecule has 26 heavy (non-hydrogen) atoms. The van der Waals surface area contributed by atoms with E-state index in [0.717, 1.165) is 29.2 Å². The SMILES string of the molecule is CNc1ncc(C#Cc2ncccn2)c2cc(NC(=O)C3CC3)ncc12. The highest BCUT2D eigenvalue weighted by atomic mass is 16.2. The van der Waals surface area contributed by atoms with Crippen LogP contribution in [0.25, 0.3) is 10.8 Å². The van der Waals surface area contributed by atoms with Crippen molar-refractivity contribution in [3.05, 3.63) is 48.3 Å². The van der Waals surface area contributed by atoms with Crippen molar-refractivity contribution in [1.29, 1.82) is 0 Å². The number of pyridine rings is 2. The Balaban J connectivity index is 1.76. The highest BCUT2D eigenvalue weighted by molar-refractivity contribution is 5.99. The summed E-state index contributed by atoms with van der Waals surface area (Å²) in [5.74, 6) is 7.80. The summed E-state index contributed by atoms with van der Waals surface area (Å²) in [6, 6.07) is 3.57. The Morgan fingerprint density at radius 2 is 1.88 bits per heavy atom. The average Bonchev–Trinajstić information content (AvgIpc) is 3.52. The van der Waals surface area contributed by atoms with Gasteiger partial charge >= 0.3 is 0 Å². The summed E-state index contributed by atoms with van der Waals surface area (Å²) in [6.07, 6.45) is 8.57. The van der Waals surface area contributed by atoms with Gasteiger partial charge in [-0.1, -0.05) is 5.92 Å². The minimum absolute atomic E-state index is 0.0186. The zero-order valence-corrected chi connectivity index (χ0v) is 14.2. The third-order valence-electron chi connectivity index (χ3n) is 4.08. The lowest BCUT2D eigenvalue weighted by Crippen LogP contribution is -2.14. The first kappa shape index (κ1) is 16.0. The standard InChI is InChI=1S/C19H16N6O/c1-20-18-15-11-23-17(25-19(26)12-3-4-12)9-14(15)13(10-24-18)5-6-16-21-7-2-8-22-16/h2,7-12H,3-4H2,1H3,(H,20,24)(H,23,25,26). The summed E-state index contributed by atoms with van der Waals surface area (Å²) < 4.78 is 0. The maximum atomic E-state index is 12.0. The smallest absolute Gasteiger partial charge is 0.228 e. The molecule has 0 atom stereocenters. The van der Waals surface area contributed by atoms with E-state index in [1.165, 1.54) is 0 Å². The lowest BCUT2D eigenvalue weighted by atomic mass is 10.1. The number of nitrogens with zero attached hydrogens (tertiary/aromatic N) is 4. The number of carbonyl (C=O) groups is 1. The molecule has 0 radical (unpaired) electrons. The largest absolute Gasteiger partial charge is 0.373 e. The third kappa shape index (κ3) is 3.30. The van der Waals surface area contributed by atoms with Gasteiger partial charge in [0.1, 0.15) is 11.6 Å². The Morgan fingerprint density at radius 1 is 1.08 bits per heavy atom. The summed E-state index contributed by atoms with van der Waals surface area (Å²) in [6.45, 7) is 0. The maximum absolute atomic E-state index is 12.0. The van der Waals surface area contributed by atoms with E-state index >= 15 is 0 Å². The first-order chi connectivity index (χ1) is 12.7. The number of nitrogens with one attached hydrogen (secondary N) is 2. The van der Waals surface area contributed by atoms with E-state index in [1.807, 2.05) is 6.07 Å². The van der Waals surface area contributed by atoms with Gasteiger partial charge < -0.3 is 10.6 Å². The van der Waals surface area contributed by atoms with Gasteiger partial charge in [0.05, 0.1) is 5.56 Å². The van der Waals surface area contributed by atoms with Gasteiger partial charge in [-0.3, -0.25) is 4.79 Å². The number of hydrogen-bond donors (Lipinski definition) is 2. The van der Waals surface area contributed by atoms with Crippen LogP contribution in [0.2, 0.25) is 0 Å². The fourth-order valence-corrected chi connectivity index (χ4v) is 2.56. The minimum atomic E-state index is 0.0186. The van der Waals surface area contributed by atoms with Gasteiger partial charge in [0.15, 0.2) is 0 Å². The zero-order chi connectivity index (χ0) is 17.9. The Bertz CT molecular complexity index is 1030. The Morgan fingerprint density at radius 3 is 2.62 bits per heavy atom. The van der Waals surface area contributed by atoms with Crippen molar-refractivity contribution in [2.75, 3.05) is 17.7 Å². The molecule has 1 aliphatic rings. The van der Waals surface area contributed by atoms with Crippen LogP contribution in [0.4, 0.5) is 11.6 Å². The Kier molecular flexibility index (Phi) is 4.15. The first-order valence-electron chi connectivity index (χ1n) is 8.31. The molecule has 0 saturated heterocycles. The zero-order valence-electron chi connectivity index (χ0n) is 14.2. The first-order valence-corrected chi connectivity index (χ1v) is 8.31. The predicted molar refractivity (Wildman–Crippen MR) is 98.5 cm³/mol. The number of amides is 1. The number of aromatic nitrogens is 4. The second-order valence-electron chi connectivity index (χ2n) is 5.97. The molecule has 3 aromatic rings. The number of anilines is 2. The molecule has 7 nitrogen and oxygen atoms in total. The van der Waals surface area contributed by atoms with Gasteiger partial charge in [0.25, 0.3) is 0 Å².